The van der Waals surface area contributed by atoms with Crippen molar-refractivity contribution in [2.75, 3.05) is 20.2 Å². The Morgan fingerprint density at radius 1 is 1.35 bits per heavy atom. The summed E-state index contributed by atoms with van der Waals surface area (Å²) in [5.74, 6) is 0.575. The van der Waals surface area contributed by atoms with Crippen LogP contribution in [0.15, 0.2) is 0 Å². The Bertz CT molecular complexity index is 224. The topological polar surface area (TPSA) is 38.3 Å². The molecule has 0 radical (unpaired) electrons. The summed E-state index contributed by atoms with van der Waals surface area (Å²) in [7, 11) is 1.45. The van der Waals surface area contributed by atoms with E-state index in [2.05, 4.69) is 33.0 Å². The van der Waals surface area contributed by atoms with Gasteiger partial charge in [-0.1, -0.05) is 34.6 Å². The van der Waals surface area contributed by atoms with Crippen molar-refractivity contribution in [1.29, 1.82) is 0 Å². The van der Waals surface area contributed by atoms with Crippen molar-refractivity contribution in [2.24, 2.45) is 17.3 Å². The zero-order valence-corrected chi connectivity index (χ0v) is 12.3. The van der Waals surface area contributed by atoms with Crippen LogP contribution in [-0.2, 0) is 9.53 Å². The minimum absolute atomic E-state index is 0.0187. The van der Waals surface area contributed by atoms with Gasteiger partial charge < -0.3 is 10.1 Å². The van der Waals surface area contributed by atoms with E-state index in [1.165, 1.54) is 13.5 Å². The van der Waals surface area contributed by atoms with Gasteiger partial charge in [0.1, 0.15) is 0 Å². The lowest BCUT2D eigenvalue weighted by molar-refractivity contribution is -0.145. The van der Waals surface area contributed by atoms with Crippen molar-refractivity contribution >= 4 is 5.97 Å². The second-order valence-electron chi connectivity index (χ2n) is 6.02. The molecule has 0 saturated heterocycles. The predicted octanol–water partition coefficient (Wildman–Crippen LogP) is 2.85. The molecule has 0 aliphatic carbocycles. The van der Waals surface area contributed by atoms with Crippen molar-refractivity contribution < 1.29 is 9.53 Å². The van der Waals surface area contributed by atoms with Crippen molar-refractivity contribution in [1.82, 2.24) is 5.32 Å². The lowest BCUT2D eigenvalue weighted by Crippen LogP contribution is -2.36. The van der Waals surface area contributed by atoms with Crippen LogP contribution < -0.4 is 5.32 Å². The van der Waals surface area contributed by atoms with E-state index in [0.717, 1.165) is 13.0 Å². The van der Waals surface area contributed by atoms with Crippen LogP contribution in [0.3, 0.4) is 0 Å². The first-order chi connectivity index (χ1) is 7.82. The van der Waals surface area contributed by atoms with Crippen LogP contribution >= 0.6 is 0 Å². The molecule has 17 heavy (non-hydrogen) atoms. The average Bonchev–Trinajstić information content (AvgIpc) is 2.21. The highest BCUT2D eigenvalue weighted by atomic mass is 16.5. The summed E-state index contributed by atoms with van der Waals surface area (Å²) in [6.45, 7) is 12.7. The molecule has 3 heteroatoms. The summed E-state index contributed by atoms with van der Waals surface area (Å²) in [4.78, 5) is 11.4. The largest absolute Gasteiger partial charge is 0.469 e. The number of hydrogen-bond donors (Lipinski definition) is 1. The first-order valence-electron chi connectivity index (χ1n) is 6.61. The second-order valence-corrected chi connectivity index (χ2v) is 6.02. The molecule has 1 N–H and O–H groups in total. The summed E-state index contributed by atoms with van der Waals surface area (Å²) >= 11 is 0. The minimum Gasteiger partial charge on any atom is -0.469 e. The number of rotatable bonds is 8. The van der Waals surface area contributed by atoms with Gasteiger partial charge >= 0.3 is 5.97 Å². The molecule has 3 nitrogen and oxygen atoms in total. The Labute approximate surface area is 106 Å². The van der Waals surface area contributed by atoms with Gasteiger partial charge in [0, 0.05) is 13.1 Å². The van der Waals surface area contributed by atoms with Crippen LogP contribution in [0, 0.1) is 17.3 Å². The molecule has 1 unspecified atom stereocenters. The van der Waals surface area contributed by atoms with E-state index in [9.17, 15) is 4.79 Å². The van der Waals surface area contributed by atoms with Crippen molar-refractivity contribution in [2.45, 2.75) is 47.5 Å². The molecule has 0 aliphatic rings. The molecule has 0 spiro atoms. The van der Waals surface area contributed by atoms with Crippen LogP contribution in [-0.4, -0.2) is 26.2 Å². The highest BCUT2D eigenvalue weighted by Gasteiger charge is 2.21. The number of hydrogen-bond acceptors (Lipinski definition) is 3. The van der Waals surface area contributed by atoms with Crippen LogP contribution in [0.5, 0.6) is 0 Å². The number of esters is 1. The number of carbonyl (C=O) groups excluding carboxylic acids is 1. The Balaban J connectivity index is 3.99. The van der Waals surface area contributed by atoms with Crippen LogP contribution in [0.25, 0.3) is 0 Å². The lowest BCUT2D eigenvalue weighted by Gasteiger charge is -2.27. The van der Waals surface area contributed by atoms with E-state index in [1.807, 2.05) is 6.92 Å². The van der Waals surface area contributed by atoms with Crippen LogP contribution in [0.4, 0.5) is 0 Å². The Kier molecular flexibility index (Phi) is 7.44. The molecule has 0 bridgehead atoms. The fourth-order valence-electron chi connectivity index (χ4n) is 2.32. The van der Waals surface area contributed by atoms with Gasteiger partial charge in [0.25, 0.3) is 0 Å². The van der Waals surface area contributed by atoms with E-state index < -0.39 is 0 Å². The fraction of sp³-hybridized carbons (Fsp3) is 0.929. The van der Waals surface area contributed by atoms with Gasteiger partial charge in [0.15, 0.2) is 0 Å². The maximum absolute atomic E-state index is 11.4. The second kappa shape index (κ2) is 7.70. The van der Waals surface area contributed by atoms with Crippen molar-refractivity contribution in [3.8, 4) is 0 Å². The average molecular weight is 243 g/mol. The number of ether oxygens (including phenoxy) is 1. The maximum Gasteiger partial charge on any atom is 0.309 e. The SMILES string of the molecule is CCC(CNCC(C)(C)CC(C)C)C(=O)OC. The van der Waals surface area contributed by atoms with Gasteiger partial charge in [-0.3, -0.25) is 4.79 Å². The van der Waals surface area contributed by atoms with E-state index in [4.69, 9.17) is 4.74 Å². The molecular weight excluding hydrogens is 214 g/mol. The molecule has 0 heterocycles. The highest BCUT2D eigenvalue weighted by molar-refractivity contribution is 5.72. The normalized spacial score (nSPS) is 13.8. The first kappa shape index (κ1) is 16.4. The minimum atomic E-state index is -0.110. The Morgan fingerprint density at radius 2 is 1.94 bits per heavy atom. The van der Waals surface area contributed by atoms with Gasteiger partial charge in [-0.2, -0.15) is 0 Å². The molecule has 0 fully saturated rings. The molecule has 0 aromatic carbocycles. The van der Waals surface area contributed by atoms with Gasteiger partial charge in [0.05, 0.1) is 13.0 Å². The van der Waals surface area contributed by atoms with E-state index >= 15 is 0 Å². The quantitative estimate of drug-likeness (QED) is 0.666. The van der Waals surface area contributed by atoms with Gasteiger partial charge in [-0.05, 0) is 24.2 Å². The van der Waals surface area contributed by atoms with Gasteiger partial charge in [-0.25, -0.2) is 0 Å². The van der Waals surface area contributed by atoms with E-state index in [1.54, 1.807) is 0 Å². The summed E-state index contributed by atoms with van der Waals surface area (Å²) < 4.78 is 4.77. The van der Waals surface area contributed by atoms with Gasteiger partial charge in [0.2, 0.25) is 0 Å². The molecular formula is C14H29NO2. The maximum atomic E-state index is 11.4. The smallest absolute Gasteiger partial charge is 0.309 e. The third-order valence-electron chi connectivity index (χ3n) is 2.98. The first-order valence-corrected chi connectivity index (χ1v) is 6.61. The molecule has 0 aromatic heterocycles. The summed E-state index contributed by atoms with van der Waals surface area (Å²) in [6.07, 6.45) is 2.01. The van der Waals surface area contributed by atoms with E-state index in [0.29, 0.717) is 12.5 Å². The Morgan fingerprint density at radius 3 is 2.35 bits per heavy atom. The third kappa shape index (κ3) is 7.37. The number of methoxy groups -OCH3 is 1. The summed E-state index contributed by atoms with van der Waals surface area (Å²) in [5, 5.41) is 3.40. The Hall–Kier alpha value is -0.570. The molecule has 0 aromatic rings. The number of nitrogens with one attached hydrogen (secondary N) is 1. The fourth-order valence-corrected chi connectivity index (χ4v) is 2.32. The van der Waals surface area contributed by atoms with Crippen LogP contribution in [0.1, 0.15) is 47.5 Å². The monoisotopic (exact) mass is 243 g/mol. The highest BCUT2D eigenvalue weighted by Crippen LogP contribution is 2.24. The van der Waals surface area contributed by atoms with Crippen LogP contribution in [0.2, 0.25) is 0 Å². The zero-order chi connectivity index (χ0) is 13.5. The summed E-state index contributed by atoms with van der Waals surface area (Å²) in [5.41, 5.74) is 0.280. The molecule has 0 aliphatic heterocycles. The molecule has 1 atom stereocenters. The standard InChI is InChI=1S/C14H29NO2/c1-7-12(13(16)17-6)9-15-10-14(4,5)8-11(2)3/h11-12,15H,7-10H2,1-6H3. The predicted molar refractivity (Wildman–Crippen MR) is 71.9 cm³/mol. The zero-order valence-electron chi connectivity index (χ0n) is 12.3. The van der Waals surface area contributed by atoms with Crippen molar-refractivity contribution in [3.63, 3.8) is 0 Å². The molecule has 0 rings (SSSR count). The third-order valence-corrected chi connectivity index (χ3v) is 2.98. The number of carbonyl (C=O) groups is 1. The molecule has 102 valence electrons. The molecule has 0 amide bonds. The molecule has 0 saturated carbocycles. The van der Waals surface area contributed by atoms with Crippen molar-refractivity contribution in [3.05, 3.63) is 0 Å². The van der Waals surface area contributed by atoms with Gasteiger partial charge in [-0.15, -0.1) is 0 Å². The summed E-state index contributed by atoms with van der Waals surface area (Å²) in [6, 6.07) is 0. The lowest BCUT2D eigenvalue weighted by atomic mass is 9.84. The van der Waals surface area contributed by atoms with E-state index in [-0.39, 0.29) is 17.3 Å².